The summed E-state index contributed by atoms with van der Waals surface area (Å²) in [6, 6.07) is 9.06. The van der Waals surface area contributed by atoms with Gasteiger partial charge in [-0.1, -0.05) is 103 Å². The second kappa shape index (κ2) is 11.9. The average Bonchev–Trinajstić information content (AvgIpc) is 3.37. The zero-order valence-electron chi connectivity index (χ0n) is 21.9. The van der Waals surface area contributed by atoms with Gasteiger partial charge < -0.3 is 4.74 Å². The fourth-order valence-corrected chi connectivity index (χ4v) is 5.96. The minimum Gasteiger partial charge on any atom is -0.377 e. The Labute approximate surface area is 208 Å². The minimum atomic E-state index is 0.312. The van der Waals surface area contributed by atoms with Crippen molar-refractivity contribution >= 4 is 11.8 Å². The maximum absolute atomic E-state index is 5.75. The number of benzene rings is 1. The summed E-state index contributed by atoms with van der Waals surface area (Å²) in [6.45, 7) is 15.6. The van der Waals surface area contributed by atoms with E-state index in [1.54, 1.807) is 0 Å². The first kappa shape index (κ1) is 26.4. The highest BCUT2D eigenvalue weighted by atomic mass is 32.2. The number of rotatable bonds is 13. The molecule has 0 amide bonds. The van der Waals surface area contributed by atoms with E-state index in [9.17, 15) is 0 Å². The molecule has 1 aromatic rings. The lowest BCUT2D eigenvalue weighted by atomic mass is 9.93. The van der Waals surface area contributed by atoms with Crippen LogP contribution in [-0.2, 0) is 17.8 Å². The summed E-state index contributed by atoms with van der Waals surface area (Å²) in [5.74, 6) is 4.50. The van der Waals surface area contributed by atoms with Crippen LogP contribution >= 0.6 is 11.8 Å². The third-order valence-electron chi connectivity index (χ3n) is 7.28. The highest BCUT2D eigenvalue weighted by Gasteiger charge is 2.57. The molecule has 1 nitrogen and oxygen atoms in total. The van der Waals surface area contributed by atoms with Crippen molar-refractivity contribution in [1.82, 2.24) is 0 Å². The molecule has 3 unspecified atom stereocenters. The third kappa shape index (κ3) is 8.18. The van der Waals surface area contributed by atoms with E-state index in [4.69, 9.17) is 4.74 Å². The van der Waals surface area contributed by atoms with Crippen LogP contribution in [0.1, 0.15) is 71.9 Å². The van der Waals surface area contributed by atoms with Crippen LogP contribution in [0.4, 0.5) is 0 Å². The van der Waals surface area contributed by atoms with Crippen molar-refractivity contribution in [2.24, 2.45) is 28.6 Å². The molecule has 1 aromatic carbocycles. The first-order valence-corrected chi connectivity index (χ1v) is 14.2. The second-order valence-electron chi connectivity index (χ2n) is 11.8. The normalized spacial score (nSPS) is 22.9. The van der Waals surface area contributed by atoms with Gasteiger partial charge in [-0.15, -0.1) is 0 Å². The zero-order valence-corrected chi connectivity index (χ0v) is 22.7. The first-order chi connectivity index (χ1) is 15.7. The van der Waals surface area contributed by atoms with Gasteiger partial charge in [0, 0.05) is 17.8 Å². The lowest BCUT2D eigenvalue weighted by Crippen LogP contribution is -2.06. The van der Waals surface area contributed by atoms with Crippen molar-refractivity contribution in [1.29, 1.82) is 0 Å². The van der Waals surface area contributed by atoms with Crippen molar-refractivity contribution in [2.75, 3.05) is 18.1 Å². The first-order valence-electron chi connectivity index (χ1n) is 13.0. The van der Waals surface area contributed by atoms with Crippen LogP contribution in [0.5, 0.6) is 0 Å². The molecule has 2 aliphatic carbocycles. The van der Waals surface area contributed by atoms with Crippen LogP contribution in [0.25, 0.3) is 0 Å². The van der Waals surface area contributed by atoms with Gasteiger partial charge in [-0.3, -0.25) is 0 Å². The molecule has 0 bridgehead atoms. The average molecular weight is 467 g/mol. The highest BCUT2D eigenvalue weighted by molar-refractivity contribution is 7.99. The van der Waals surface area contributed by atoms with Gasteiger partial charge in [0.2, 0.25) is 0 Å². The molecule has 0 saturated heterocycles. The Morgan fingerprint density at radius 2 is 1.61 bits per heavy atom. The predicted octanol–water partition coefficient (Wildman–Crippen LogP) is 8.66. The van der Waals surface area contributed by atoms with Crippen LogP contribution < -0.4 is 0 Å². The number of thioether (sulfide) groups is 1. The van der Waals surface area contributed by atoms with Gasteiger partial charge in [0.25, 0.3) is 0 Å². The maximum atomic E-state index is 5.75. The van der Waals surface area contributed by atoms with Crippen LogP contribution in [0, 0.1) is 28.6 Å². The fraction of sp³-hybridized carbons (Fsp3) is 0.613. The second-order valence-corrected chi connectivity index (χ2v) is 12.8. The molecule has 1 spiro atoms. The van der Waals surface area contributed by atoms with Crippen LogP contribution in [0.2, 0.25) is 0 Å². The Bertz CT molecular complexity index is 829. The molecule has 33 heavy (non-hydrogen) atoms. The van der Waals surface area contributed by atoms with Crippen molar-refractivity contribution < 1.29 is 4.74 Å². The molecule has 0 heterocycles. The van der Waals surface area contributed by atoms with Gasteiger partial charge in [0.15, 0.2) is 0 Å². The predicted molar refractivity (Wildman–Crippen MR) is 147 cm³/mol. The minimum absolute atomic E-state index is 0.312. The molecule has 182 valence electrons. The largest absolute Gasteiger partial charge is 0.377 e. The van der Waals surface area contributed by atoms with E-state index in [-0.39, 0.29) is 0 Å². The van der Waals surface area contributed by atoms with E-state index in [1.807, 2.05) is 0 Å². The standard InChI is InChI=1S/C31H46OS/c1-24(2)19-32-20-28-14-12-27(13-15-28)17-25(3)10-11-26(4)21-33-22-29-9-7-8-16-31(18-29)23-30(31,5)6/h7-9,12-16,18,24-26H,10-11,17,19-23H2,1-6H3. The number of hydrogen-bond donors (Lipinski definition) is 0. The van der Waals surface area contributed by atoms with Crippen molar-refractivity contribution in [3.63, 3.8) is 0 Å². The molecule has 1 saturated carbocycles. The zero-order chi connectivity index (χ0) is 23.9. The van der Waals surface area contributed by atoms with Gasteiger partial charge in [-0.05, 0) is 64.9 Å². The topological polar surface area (TPSA) is 9.23 Å². The lowest BCUT2D eigenvalue weighted by Gasteiger charge is -2.16. The van der Waals surface area contributed by atoms with Crippen molar-refractivity contribution in [2.45, 2.75) is 73.8 Å². The Kier molecular flexibility index (Phi) is 9.53. The van der Waals surface area contributed by atoms with E-state index >= 15 is 0 Å². The quantitative estimate of drug-likeness (QED) is 0.287. The maximum Gasteiger partial charge on any atom is 0.0717 e. The summed E-state index contributed by atoms with van der Waals surface area (Å²) in [4.78, 5) is 0. The van der Waals surface area contributed by atoms with Crippen LogP contribution in [0.15, 0.2) is 60.2 Å². The molecule has 3 rings (SSSR count). The van der Waals surface area contributed by atoms with E-state index in [0.29, 0.717) is 16.7 Å². The Morgan fingerprint density at radius 3 is 2.27 bits per heavy atom. The summed E-state index contributed by atoms with van der Waals surface area (Å²) in [5, 5.41) is 0. The Balaban J connectivity index is 1.33. The monoisotopic (exact) mass is 466 g/mol. The van der Waals surface area contributed by atoms with Gasteiger partial charge >= 0.3 is 0 Å². The molecular formula is C31H46OS. The Morgan fingerprint density at radius 1 is 0.939 bits per heavy atom. The van der Waals surface area contributed by atoms with Gasteiger partial charge in [-0.2, -0.15) is 11.8 Å². The smallest absolute Gasteiger partial charge is 0.0717 e. The highest BCUT2D eigenvalue weighted by Crippen LogP contribution is 2.66. The molecule has 0 N–H and O–H groups in total. The van der Waals surface area contributed by atoms with E-state index < -0.39 is 0 Å². The molecule has 2 heteroatoms. The number of allylic oxidation sites excluding steroid dienone is 5. The summed E-state index contributed by atoms with van der Waals surface area (Å²) in [5.41, 5.74) is 4.98. The summed E-state index contributed by atoms with van der Waals surface area (Å²) >= 11 is 2.11. The molecule has 0 aliphatic heterocycles. The SMILES string of the molecule is CC(C)COCc1ccc(CC(C)CCC(C)CSCC2=CC3(C=CC=C2)CC3(C)C)cc1. The van der Waals surface area contributed by atoms with Gasteiger partial charge in [0.1, 0.15) is 0 Å². The molecular weight excluding hydrogens is 420 g/mol. The van der Waals surface area contributed by atoms with E-state index in [1.165, 1.54) is 48.1 Å². The fourth-order valence-electron chi connectivity index (χ4n) is 4.86. The van der Waals surface area contributed by atoms with Crippen molar-refractivity contribution in [3.8, 4) is 0 Å². The van der Waals surface area contributed by atoms with Crippen molar-refractivity contribution in [3.05, 3.63) is 71.3 Å². The van der Waals surface area contributed by atoms with Crippen LogP contribution in [0.3, 0.4) is 0 Å². The molecule has 3 atom stereocenters. The van der Waals surface area contributed by atoms with E-state index in [0.717, 1.165) is 30.8 Å². The van der Waals surface area contributed by atoms with E-state index in [2.05, 4.69) is 108 Å². The summed E-state index contributed by atoms with van der Waals surface area (Å²) in [6.07, 6.45) is 16.9. The summed E-state index contributed by atoms with van der Waals surface area (Å²) in [7, 11) is 0. The van der Waals surface area contributed by atoms with Gasteiger partial charge in [0.05, 0.1) is 6.61 Å². The van der Waals surface area contributed by atoms with Crippen LogP contribution in [-0.4, -0.2) is 18.1 Å². The molecule has 2 aliphatic rings. The lowest BCUT2D eigenvalue weighted by molar-refractivity contribution is 0.0971. The number of ether oxygens (including phenoxy) is 1. The molecule has 1 fully saturated rings. The van der Waals surface area contributed by atoms with Gasteiger partial charge in [-0.25, -0.2) is 0 Å². The number of hydrogen-bond acceptors (Lipinski definition) is 2. The molecule has 0 radical (unpaired) electrons. The molecule has 0 aromatic heterocycles. The Hall–Kier alpha value is -1.25. The summed E-state index contributed by atoms with van der Waals surface area (Å²) < 4.78 is 5.75. The third-order valence-corrected chi connectivity index (χ3v) is 8.62.